The summed E-state index contributed by atoms with van der Waals surface area (Å²) in [4.78, 5) is 0. The molecule has 3 heteroatoms. The van der Waals surface area contributed by atoms with E-state index in [-0.39, 0.29) is 6.04 Å². The first kappa shape index (κ1) is 14.0. The number of nitrogens with two attached hydrogens (primary N) is 1. The van der Waals surface area contributed by atoms with Gasteiger partial charge in [-0.15, -0.1) is 0 Å². The van der Waals surface area contributed by atoms with Crippen molar-refractivity contribution in [2.45, 2.75) is 45.8 Å². The Kier molecular flexibility index (Phi) is 4.54. The van der Waals surface area contributed by atoms with E-state index in [1.807, 2.05) is 39.0 Å². The highest BCUT2D eigenvalue weighted by Gasteiger charge is 2.18. The number of hydrogen-bond donors (Lipinski definition) is 2. The van der Waals surface area contributed by atoms with Crippen molar-refractivity contribution in [1.82, 2.24) is 0 Å². The van der Waals surface area contributed by atoms with E-state index >= 15 is 0 Å². The van der Waals surface area contributed by atoms with Gasteiger partial charge < -0.3 is 15.6 Å². The predicted molar refractivity (Wildman–Crippen MR) is 70.2 cm³/mol. The van der Waals surface area contributed by atoms with Gasteiger partial charge in [-0.25, -0.2) is 0 Å². The molecule has 0 aliphatic carbocycles. The quantitative estimate of drug-likeness (QED) is 0.827. The van der Waals surface area contributed by atoms with Gasteiger partial charge in [-0.3, -0.25) is 0 Å². The standard InChI is InChI=1S/C14H23NO2/c1-5-14(4,16)9-17-13-7-6-12(11(3)15)8-10(13)2/h6-8,11,16H,5,9,15H2,1-4H3. The average molecular weight is 237 g/mol. The lowest BCUT2D eigenvalue weighted by molar-refractivity contribution is 0.00827. The normalized spacial score (nSPS) is 16.4. The molecule has 0 saturated carbocycles. The third kappa shape index (κ3) is 4.02. The number of benzene rings is 1. The van der Waals surface area contributed by atoms with Gasteiger partial charge in [0.15, 0.2) is 0 Å². The minimum atomic E-state index is -0.772. The molecule has 3 nitrogen and oxygen atoms in total. The Bertz CT molecular complexity index is 372. The lowest BCUT2D eigenvalue weighted by Gasteiger charge is -2.22. The summed E-state index contributed by atoms with van der Waals surface area (Å²) < 4.78 is 5.64. The molecular weight excluding hydrogens is 214 g/mol. The number of hydrogen-bond acceptors (Lipinski definition) is 3. The molecule has 0 saturated heterocycles. The second-order valence-corrected chi connectivity index (χ2v) is 4.95. The smallest absolute Gasteiger partial charge is 0.122 e. The molecule has 0 fully saturated rings. The van der Waals surface area contributed by atoms with E-state index in [1.54, 1.807) is 6.92 Å². The lowest BCUT2D eigenvalue weighted by Crippen LogP contribution is -2.31. The summed E-state index contributed by atoms with van der Waals surface area (Å²) in [6.45, 7) is 7.97. The highest BCUT2D eigenvalue weighted by atomic mass is 16.5. The maximum Gasteiger partial charge on any atom is 0.122 e. The van der Waals surface area contributed by atoms with Gasteiger partial charge in [0.2, 0.25) is 0 Å². The summed E-state index contributed by atoms with van der Waals surface area (Å²) in [7, 11) is 0. The van der Waals surface area contributed by atoms with E-state index in [0.29, 0.717) is 13.0 Å². The average Bonchev–Trinajstić information content (AvgIpc) is 2.27. The van der Waals surface area contributed by atoms with Crippen molar-refractivity contribution < 1.29 is 9.84 Å². The Morgan fingerprint density at radius 1 is 1.47 bits per heavy atom. The fourth-order valence-corrected chi connectivity index (χ4v) is 1.45. The van der Waals surface area contributed by atoms with Gasteiger partial charge >= 0.3 is 0 Å². The molecule has 17 heavy (non-hydrogen) atoms. The Labute approximate surface area is 104 Å². The van der Waals surface area contributed by atoms with Crippen molar-refractivity contribution in [2.24, 2.45) is 5.73 Å². The van der Waals surface area contributed by atoms with E-state index in [1.165, 1.54) is 0 Å². The first-order valence-corrected chi connectivity index (χ1v) is 6.07. The maximum absolute atomic E-state index is 9.87. The zero-order chi connectivity index (χ0) is 13.1. The van der Waals surface area contributed by atoms with Crippen LogP contribution in [0.2, 0.25) is 0 Å². The van der Waals surface area contributed by atoms with E-state index in [2.05, 4.69) is 0 Å². The van der Waals surface area contributed by atoms with Crippen molar-refractivity contribution in [1.29, 1.82) is 0 Å². The highest BCUT2D eigenvalue weighted by molar-refractivity contribution is 5.37. The summed E-state index contributed by atoms with van der Waals surface area (Å²) in [6.07, 6.45) is 0.671. The topological polar surface area (TPSA) is 55.5 Å². The molecule has 0 bridgehead atoms. The van der Waals surface area contributed by atoms with Crippen LogP contribution in [0.25, 0.3) is 0 Å². The SMILES string of the molecule is CCC(C)(O)COc1ccc(C(C)N)cc1C. The molecular formula is C14H23NO2. The second-order valence-electron chi connectivity index (χ2n) is 4.95. The first-order valence-electron chi connectivity index (χ1n) is 6.07. The van der Waals surface area contributed by atoms with Gasteiger partial charge in [-0.1, -0.05) is 19.1 Å². The molecule has 0 heterocycles. The number of rotatable bonds is 5. The molecule has 2 unspecified atom stereocenters. The molecule has 1 aromatic carbocycles. The van der Waals surface area contributed by atoms with Crippen LogP contribution in [0.15, 0.2) is 18.2 Å². The predicted octanol–water partition coefficient (Wildman–Crippen LogP) is 2.55. The summed E-state index contributed by atoms with van der Waals surface area (Å²) >= 11 is 0. The Balaban J connectivity index is 2.73. The summed E-state index contributed by atoms with van der Waals surface area (Å²) in [6, 6.07) is 5.94. The molecule has 1 aromatic rings. The maximum atomic E-state index is 9.87. The van der Waals surface area contributed by atoms with Crippen molar-refractivity contribution in [3.8, 4) is 5.75 Å². The van der Waals surface area contributed by atoms with Crippen LogP contribution in [-0.4, -0.2) is 17.3 Å². The van der Waals surface area contributed by atoms with Crippen molar-refractivity contribution in [3.63, 3.8) is 0 Å². The third-order valence-electron chi connectivity index (χ3n) is 3.03. The fourth-order valence-electron chi connectivity index (χ4n) is 1.45. The van der Waals surface area contributed by atoms with Gasteiger partial charge in [-0.05, 0) is 44.4 Å². The zero-order valence-electron chi connectivity index (χ0n) is 11.2. The van der Waals surface area contributed by atoms with E-state index in [0.717, 1.165) is 16.9 Å². The molecule has 0 amide bonds. The minimum Gasteiger partial charge on any atom is -0.490 e. The van der Waals surface area contributed by atoms with E-state index in [4.69, 9.17) is 10.5 Å². The van der Waals surface area contributed by atoms with Crippen LogP contribution in [0.3, 0.4) is 0 Å². The second kappa shape index (κ2) is 5.52. The number of aliphatic hydroxyl groups is 1. The third-order valence-corrected chi connectivity index (χ3v) is 3.03. The van der Waals surface area contributed by atoms with Gasteiger partial charge in [-0.2, -0.15) is 0 Å². The number of aryl methyl sites for hydroxylation is 1. The zero-order valence-corrected chi connectivity index (χ0v) is 11.2. The largest absolute Gasteiger partial charge is 0.490 e. The van der Waals surface area contributed by atoms with Gasteiger partial charge in [0.1, 0.15) is 12.4 Å². The van der Waals surface area contributed by atoms with Gasteiger partial charge in [0.05, 0.1) is 5.60 Å². The van der Waals surface area contributed by atoms with Crippen LogP contribution >= 0.6 is 0 Å². The summed E-state index contributed by atoms with van der Waals surface area (Å²) in [5.41, 5.74) is 7.19. The van der Waals surface area contributed by atoms with Gasteiger partial charge in [0.25, 0.3) is 0 Å². The first-order chi connectivity index (χ1) is 7.85. The highest BCUT2D eigenvalue weighted by Crippen LogP contribution is 2.23. The lowest BCUT2D eigenvalue weighted by atomic mass is 10.0. The van der Waals surface area contributed by atoms with Crippen LogP contribution in [0.1, 0.15) is 44.4 Å². The molecule has 0 aromatic heterocycles. The molecule has 0 aliphatic rings. The van der Waals surface area contributed by atoms with Crippen molar-refractivity contribution in [2.75, 3.05) is 6.61 Å². The van der Waals surface area contributed by atoms with Crippen molar-refractivity contribution in [3.05, 3.63) is 29.3 Å². The molecule has 2 atom stereocenters. The van der Waals surface area contributed by atoms with Crippen LogP contribution in [-0.2, 0) is 0 Å². The van der Waals surface area contributed by atoms with E-state index in [9.17, 15) is 5.11 Å². The fraction of sp³-hybridized carbons (Fsp3) is 0.571. The monoisotopic (exact) mass is 237 g/mol. The molecule has 3 N–H and O–H groups in total. The van der Waals surface area contributed by atoms with Crippen molar-refractivity contribution >= 4 is 0 Å². The molecule has 1 rings (SSSR count). The molecule has 96 valence electrons. The molecule has 0 aliphatic heterocycles. The van der Waals surface area contributed by atoms with Crippen LogP contribution in [0.5, 0.6) is 5.75 Å². The van der Waals surface area contributed by atoms with Crippen LogP contribution in [0.4, 0.5) is 0 Å². The van der Waals surface area contributed by atoms with Gasteiger partial charge in [0, 0.05) is 6.04 Å². The Morgan fingerprint density at radius 3 is 2.59 bits per heavy atom. The Hall–Kier alpha value is -1.06. The molecule has 0 radical (unpaired) electrons. The van der Waals surface area contributed by atoms with Crippen LogP contribution in [0, 0.1) is 6.92 Å². The minimum absolute atomic E-state index is 0.0292. The summed E-state index contributed by atoms with van der Waals surface area (Å²) in [5.74, 6) is 0.808. The van der Waals surface area contributed by atoms with Crippen LogP contribution < -0.4 is 10.5 Å². The Morgan fingerprint density at radius 2 is 2.12 bits per heavy atom. The summed E-state index contributed by atoms with van der Waals surface area (Å²) in [5, 5.41) is 9.87. The number of ether oxygens (including phenoxy) is 1. The molecule has 0 spiro atoms. The van der Waals surface area contributed by atoms with E-state index < -0.39 is 5.60 Å².